The molecule has 0 bridgehead atoms. The van der Waals surface area contributed by atoms with Crippen molar-refractivity contribution in [2.45, 2.75) is 6.61 Å². The van der Waals surface area contributed by atoms with Crippen LogP contribution in [0.5, 0.6) is 0 Å². The predicted octanol–water partition coefficient (Wildman–Crippen LogP) is -4.42. The maximum atomic E-state index is 10.1. The molecule has 0 unspecified atom stereocenters. The smallest absolute Gasteiger partial charge is 0.540 e. The summed E-state index contributed by atoms with van der Waals surface area (Å²) < 4.78 is 8.90. The Bertz CT molecular complexity index is 262. The van der Waals surface area contributed by atoms with E-state index in [4.69, 9.17) is 0 Å². The molecule has 60 valence electrons. The molecule has 0 saturated heterocycles. The van der Waals surface area contributed by atoms with Gasteiger partial charge < -0.3 is 19.2 Å². The number of carboxylic acid groups (broad SMARTS) is 1. The minimum absolute atomic E-state index is 0. The molecule has 0 aromatic carbocycles. The van der Waals surface area contributed by atoms with E-state index < -0.39 is 11.9 Å². The number of hydrogen-bond acceptors (Lipinski definition) is 6. The van der Waals surface area contributed by atoms with E-state index in [2.05, 4.69) is 19.4 Å². The summed E-state index contributed by atoms with van der Waals surface area (Å²) in [6, 6.07) is 0. The summed E-state index contributed by atoms with van der Waals surface area (Å²) in [5.74, 6) is -1.83. The molecular formula is C5H5KN2O4. The van der Waals surface area contributed by atoms with E-state index in [1.54, 1.807) is 0 Å². The van der Waals surface area contributed by atoms with Crippen molar-refractivity contribution < 1.29 is 70.5 Å². The van der Waals surface area contributed by atoms with Crippen LogP contribution in [0.1, 0.15) is 16.5 Å². The van der Waals surface area contributed by atoms with E-state index in [1.165, 1.54) is 7.11 Å². The molecule has 0 radical (unpaired) electrons. The quantitative estimate of drug-likeness (QED) is 0.453. The van der Waals surface area contributed by atoms with E-state index in [0.717, 1.165) is 0 Å². The van der Waals surface area contributed by atoms with Gasteiger partial charge in [-0.2, -0.15) is 4.98 Å². The molecule has 0 aliphatic rings. The third-order valence-electron chi connectivity index (χ3n) is 0.916. The predicted molar refractivity (Wildman–Crippen MR) is 29.3 cm³/mol. The van der Waals surface area contributed by atoms with Crippen LogP contribution >= 0.6 is 0 Å². The van der Waals surface area contributed by atoms with E-state index in [1.807, 2.05) is 0 Å². The van der Waals surface area contributed by atoms with Crippen molar-refractivity contribution >= 4 is 5.97 Å². The number of carboxylic acids is 1. The van der Waals surface area contributed by atoms with Crippen LogP contribution < -0.4 is 56.5 Å². The number of hydrogen-bond donors (Lipinski definition) is 0. The Morgan fingerprint density at radius 3 is 2.83 bits per heavy atom. The van der Waals surface area contributed by atoms with Crippen LogP contribution in [0.3, 0.4) is 0 Å². The van der Waals surface area contributed by atoms with Crippen molar-refractivity contribution in [1.29, 1.82) is 0 Å². The first kappa shape index (κ1) is 12.2. The molecule has 0 spiro atoms. The Balaban J connectivity index is 0.00000121. The fourth-order valence-electron chi connectivity index (χ4n) is 0.525. The Kier molecular flexibility index (Phi) is 5.88. The molecule has 0 saturated carbocycles. The van der Waals surface area contributed by atoms with Crippen LogP contribution in [0.15, 0.2) is 4.52 Å². The summed E-state index contributed by atoms with van der Waals surface area (Å²) in [5, 5.41) is 13.4. The summed E-state index contributed by atoms with van der Waals surface area (Å²) in [6.45, 7) is 0.122. The second-order valence-corrected chi connectivity index (χ2v) is 1.74. The third kappa shape index (κ3) is 3.29. The summed E-state index contributed by atoms with van der Waals surface area (Å²) in [4.78, 5) is 13.5. The van der Waals surface area contributed by atoms with Gasteiger partial charge in [0.25, 0.3) is 5.89 Å². The maximum Gasteiger partial charge on any atom is 1.00 e. The van der Waals surface area contributed by atoms with Gasteiger partial charge in [0.15, 0.2) is 5.82 Å². The fourth-order valence-corrected chi connectivity index (χ4v) is 0.525. The van der Waals surface area contributed by atoms with Crippen LogP contribution in [0.2, 0.25) is 0 Å². The molecule has 6 nitrogen and oxygen atoms in total. The van der Waals surface area contributed by atoms with E-state index >= 15 is 0 Å². The number of nitrogens with zero attached hydrogens (tertiary/aromatic N) is 2. The normalized spacial score (nSPS) is 9.08. The molecule has 1 aromatic heterocycles. The first-order valence-electron chi connectivity index (χ1n) is 2.77. The molecule has 1 heterocycles. The molecular weight excluding hydrogens is 191 g/mol. The first-order valence-corrected chi connectivity index (χ1v) is 2.77. The zero-order valence-electron chi connectivity index (χ0n) is 6.73. The summed E-state index contributed by atoms with van der Waals surface area (Å²) in [5.41, 5.74) is 0. The average Bonchev–Trinajstić information content (AvgIpc) is 2.37. The molecule has 0 atom stereocenters. The number of carbonyl (C=O) groups is 1. The number of carbonyl (C=O) groups excluding carboxylic acids is 1. The van der Waals surface area contributed by atoms with Gasteiger partial charge in [-0.25, -0.2) is 0 Å². The van der Waals surface area contributed by atoms with Gasteiger partial charge in [0.05, 0.1) is 0 Å². The number of aromatic carboxylic acids is 1. The number of rotatable bonds is 3. The summed E-state index contributed by atoms with van der Waals surface area (Å²) >= 11 is 0. The monoisotopic (exact) mass is 196 g/mol. The molecule has 7 heteroatoms. The zero-order valence-corrected chi connectivity index (χ0v) is 9.86. The van der Waals surface area contributed by atoms with Crippen molar-refractivity contribution in [2.75, 3.05) is 7.11 Å². The standard InChI is InChI=1S/C5H6N2O4.K/c1-10-2-3-6-4(5(8)9)11-7-3;/h2H2,1H3,(H,8,9);/q;+1/p-1. The van der Waals surface area contributed by atoms with Crippen LogP contribution in [-0.2, 0) is 11.3 Å². The molecule has 0 N–H and O–H groups in total. The summed E-state index contributed by atoms with van der Waals surface area (Å²) in [7, 11) is 1.44. The van der Waals surface area contributed by atoms with Gasteiger partial charge in [0.2, 0.25) is 0 Å². The Hall–Kier alpha value is 0.206. The third-order valence-corrected chi connectivity index (χ3v) is 0.916. The van der Waals surface area contributed by atoms with Crippen LogP contribution in [0.25, 0.3) is 0 Å². The molecule has 12 heavy (non-hydrogen) atoms. The van der Waals surface area contributed by atoms with E-state index in [9.17, 15) is 9.90 Å². The number of methoxy groups -OCH3 is 1. The van der Waals surface area contributed by atoms with Gasteiger partial charge in [-0.15, -0.1) is 0 Å². The minimum Gasteiger partial charge on any atom is -0.540 e. The molecule has 1 aromatic rings. The number of ether oxygens (including phenoxy) is 1. The van der Waals surface area contributed by atoms with E-state index in [-0.39, 0.29) is 63.8 Å². The van der Waals surface area contributed by atoms with Gasteiger partial charge >= 0.3 is 51.4 Å². The van der Waals surface area contributed by atoms with Gasteiger partial charge in [-0.05, 0) is 0 Å². The van der Waals surface area contributed by atoms with Crippen LogP contribution in [0.4, 0.5) is 0 Å². The topological polar surface area (TPSA) is 88.3 Å². The fraction of sp³-hybridized carbons (Fsp3) is 0.400. The molecule has 0 amide bonds. The average molecular weight is 196 g/mol. The Labute approximate surface area is 111 Å². The van der Waals surface area contributed by atoms with Crippen molar-refractivity contribution in [3.63, 3.8) is 0 Å². The maximum absolute atomic E-state index is 10.1. The number of aromatic nitrogens is 2. The minimum atomic E-state index is -1.49. The largest absolute Gasteiger partial charge is 1.00 e. The molecule has 0 aliphatic carbocycles. The zero-order chi connectivity index (χ0) is 8.27. The first-order chi connectivity index (χ1) is 5.24. The van der Waals surface area contributed by atoms with Crippen molar-refractivity contribution in [3.05, 3.63) is 11.7 Å². The van der Waals surface area contributed by atoms with Crippen LogP contribution in [0, 0.1) is 0 Å². The van der Waals surface area contributed by atoms with Gasteiger partial charge in [0.1, 0.15) is 12.6 Å². The van der Waals surface area contributed by atoms with Crippen molar-refractivity contribution in [3.8, 4) is 0 Å². The van der Waals surface area contributed by atoms with Gasteiger partial charge in [0, 0.05) is 7.11 Å². The Morgan fingerprint density at radius 2 is 2.42 bits per heavy atom. The summed E-state index contributed by atoms with van der Waals surface area (Å²) in [6.07, 6.45) is 0. The van der Waals surface area contributed by atoms with Gasteiger partial charge in [-0.1, -0.05) is 5.16 Å². The van der Waals surface area contributed by atoms with Gasteiger partial charge in [-0.3, -0.25) is 0 Å². The van der Waals surface area contributed by atoms with Crippen molar-refractivity contribution in [1.82, 2.24) is 10.1 Å². The second kappa shape index (κ2) is 5.78. The molecule has 1 rings (SSSR count). The second-order valence-electron chi connectivity index (χ2n) is 1.74. The van der Waals surface area contributed by atoms with Crippen LogP contribution in [-0.4, -0.2) is 23.2 Å². The van der Waals surface area contributed by atoms with Crippen molar-refractivity contribution in [2.24, 2.45) is 0 Å². The Morgan fingerprint density at radius 1 is 1.75 bits per heavy atom. The van der Waals surface area contributed by atoms with E-state index in [0.29, 0.717) is 0 Å². The molecule has 0 aliphatic heterocycles. The molecule has 0 fully saturated rings. The SMILES string of the molecule is COCc1noc(C(=O)[O-])n1.[K+].